The number of amides is 6. The molecule has 24 heteroatoms. The zero-order valence-corrected chi connectivity index (χ0v) is 82.1. The van der Waals surface area contributed by atoms with Gasteiger partial charge in [-0.05, 0) is 185 Å². The standard InChI is InChI=1S/2C17H30N2O2.3C16H28N2O2.C15H26N2O2/c1-7-10-17(6,11-8-2)13(5)18-16(20)15-12(4)14(9-3)21-19-15;1-7-11-17(9-3,10-4)13(6)18-16(20)15-12(5)14(8-2)21-19-15;1-7-10-16(6,9-3)12(5)17-15(19)14-11(4)13(8-2)20-18-14;1-6-9-16(5,10-7-2)12(4)17-15(19)14-11-13(8-3)20-18-14;1-6-10-16(8-3,9-4)12(5)17-15(19)14-11-13(7-2)20-18-14;1-6-9-15(5,8-3)11(4)16-14(18)13-10-12(7-2)19-17-13/h2*13H,7-11H2,1-6H3,(H,18,20);12H,7-10H2,1-6H3,(H,17,19);2*11-12H,6-10H2,1-5H3,(H,17,19);10-11H,6-9H2,1-5H3,(H,16,18). The Bertz CT molecular complexity index is 3910. The Kier molecular flexibility index (Phi) is 50.8. The predicted octanol–water partition coefficient (Wildman–Crippen LogP) is 23.9. The van der Waals surface area contributed by atoms with E-state index in [1.54, 1.807) is 18.2 Å². The Morgan fingerprint density at radius 2 is 0.479 bits per heavy atom. The van der Waals surface area contributed by atoms with Gasteiger partial charge in [0.05, 0.1) is 0 Å². The molecule has 6 rings (SSSR count). The van der Waals surface area contributed by atoms with E-state index in [4.69, 9.17) is 27.1 Å². The summed E-state index contributed by atoms with van der Waals surface area (Å²) in [5.74, 6) is 3.80. The first kappa shape index (κ1) is 111. The molecule has 0 saturated heterocycles. The van der Waals surface area contributed by atoms with Gasteiger partial charge in [-0.1, -0.05) is 248 Å². The zero-order valence-electron chi connectivity index (χ0n) is 82.1. The third kappa shape index (κ3) is 32.6. The van der Waals surface area contributed by atoms with Crippen molar-refractivity contribution in [2.45, 2.75) is 445 Å². The highest BCUT2D eigenvalue weighted by molar-refractivity contribution is 5.96. The quantitative estimate of drug-likeness (QED) is 0.0207. The number of aromatic nitrogens is 6. The van der Waals surface area contributed by atoms with Crippen LogP contribution >= 0.6 is 0 Å². The maximum Gasteiger partial charge on any atom is 0.273 e. The van der Waals surface area contributed by atoms with Crippen molar-refractivity contribution in [3.05, 3.63) is 104 Å². The van der Waals surface area contributed by atoms with E-state index in [-0.39, 0.29) is 104 Å². The van der Waals surface area contributed by atoms with E-state index in [1.165, 1.54) is 0 Å². The minimum atomic E-state index is -0.147. The first-order valence-corrected chi connectivity index (χ1v) is 46.8. The second kappa shape index (κ2) is 55.3. The van der Waals surface area contributed by atoms with E-state index >= 15 is 0 Å². The molecule has 0 bridgehead atoms. The van der Waals surface area contributed by atoms with Gasteiger partial charge in [0.15, 0.2) is 34.2 Å². The summed E-state index contributed by atoms with van der Waals surface area (Å²) in [7, 11) is 0. The fourth-order valence-corrected chi connectivity index (χ4v) is 16.9. The molecule has 6 N–H and O–H groups in total. The van der Waals surface area contributed by atoms with Gasteiger partial charge in [0.1, 0.15) is 34.6 Å². The highest BCUT2D eigenvalue weighted by Gasteiger charge is 2.38. The van der Waals surface area contributed by atoms with Crippen LogP contribution in [0.25, 0.3) is 0 Å². The number of carbonyl (C=O) groups excluding carboxylic acids is 6. The first-order valence-electron chi connectivity index (χ1n) is 46.8. The van der Waals surface area contributed by atoms with Gasteiger partial charge in [0, 0.05) is 110 Å². The average Bonchev–Trinajstić information content (AvgIpc) is 1.77. The summed E-state index contributed by atoms with van der Waals surface area (Å²) in [6.07, 6.45) is 28.8. The van der Waals surface area contributed by atoms with Crippen molar-refractivity contribution in [1.82, 2.24) is 62.8 Å². The summed E-state index contributed by atoms with van der Waals surface area (Å²) in [6.45, 7) is 69.8. The molecule has 690 valence electrons. The van der Waals surface area contributed by atoms with Crippen molar-refractivity contribution in [3.8, 4) is 0 Å². The molecule has 6 amide bonds. The summed E-state index contributed by atoms with van der Waals surface area (Å²) >= 11 is 0. The van der Waals surface area contributed by atoms with Crippen LogP contribution in [0.2, 0.25) is 0 Å². The van der Waals surface area contributed by atoms with E-state index in [0.717, 1.165) is 231 Å². The van der Waals surface area contributed by atoms with E-state index < -0.39 is 0 Å². The second-order valence-corrected chi connectivity index (χ2v) is 35.0. The molecule has 24 nitrogen and oxygen atoms in total. The van der Waals surface area contributed by atoms with E-state index in [2.05, 4.69) is 229 Å². The molecule has 8 unspecified atom stereocenters. The minimum absolute atomic E-state index is 0.112. The first-order chi connectivity index (χ1) is 57.2. The molecule has 121 heavy (non-hydrogen) atoms. The van der Waals surface area contributed by atoms with E-state index in [9.17, 15) is 28.8 Å². The van der Waals surface area contributed by atoms with Crippen LogP contribution in [-0.4, -0.2) is 103 Å². The topological polar surface area (TPSA) is 331 Å². The lowest BCUT2D eigenvalue weighted by atomic mass is 9.72. The van der Waals surface area contributed by atoms with Gasteiger partial charge in [-0.3, -0.25) is 28.8 Å². The van der Waals surface area contributed by atoms with Gasteiger partial charge in [0.25, 0.3) is 35.4 Å². The largest absolute Gasteiger partial charge is 0.361 e. The lowest BCUT2D eigenvalue weighted by Crippen LogP contribution is -2.45. The molecule has 0 aliphatic carbocycles. The third-order valence-electron chi connectivity index (χ3n) is 27.0. The molecule has 0 fully saturated rings. The molecule has 8 atom stereocenters. The molecule has 0 spiro atoms. The number of rotatable bonds is 46. The number of nitrogens with one attached hydrogen (secondary N) is 6. The summed E-state index contributed by atoms with van der Waals surface area (Å²) in [6, 6.07) is 5.88. The normalized spacial score (nSPS) is 14.1. The number of aryl methyl sites for hydroxylation is 6. The molecular weight excluding hydrogens is 1530 g/mol. The SMILES string of the molecule is CCCC(C)(CC)C(C)NC(=O)c1cc(CC)on1.CCCC(C)(CC)C(C)NC(=O)c1noc(CC)c1C.CCCC(C)(CCC)C(C)NC(=O)c1cc(CC)on1.CCCC(C)(CCC)C(C)NC(=O)c1noc(CC)c1C.CCCC(CC)(CC)C(C)NC(=O)c1cc(CC)on1.CCCC(CC)(CC)C(C)NC(=O)c1noc(CC)c1C. The predicted molar refractivity (Wildman–Crippen MR) is 489 cm³/mol. The molecule has 0 aliphatic heterocycles. The van der Waals surface area contributed by atoms with Gasteiger partial charge >= 0.3 is 0 Å². The van der Waals surface area contributed by atoms with Gasteiger partial charge in [-0.15, -0.1) is 0 Å². The van der Waals surface area contributed by atoms with Crippen molar-refractivity contribution in [1.29, 1.82) is 0 Å². The molecule has 0 aromatic carbocycles. The molecule has 6 heterocycles. The molecular formula is C97H170N12O12. The summed E-state index contributed by atoms with van der Waals surface area (Å²) in [4.78, 5) is 73.8. The Labute approximate surface area is 731 Å². The van der Waals surface area contributed by atoms with Crippen LogP contribution in [0.15, 0.2) is 45.3 Å². The van der Waals surface area contributed by atoms with Crippen molar-refractivity contribution < 1.29 is 55.9 Å². The molecule has 0 aliphatic rings. The van der Waals surface area contributed by atoms with Crippen LogP contribution in [0.3, 0.4) is 0 Å². The van der Waals surface area contributed by atoms with Crippen LogP contribution in [0.4, 0.5) is 0 Å². The van der Waals surface area contributed by atoms with Crippen LogP contribution in [0, 0.1) is 53.3 Å². The monoisotopic (exact) mass is 1700 g/mol. The highest BCUT2D eigenvalue weighted by atomic mass is 16.5. The smallest absolute Gasteiger partial charge is 0.273 e. The Hall–Kier alpha value is -7.92. The van der Waals surface area contributed by atoms with Gasteiger partial charge in [-0.2, -0.15) is 0 Å². The van der Waals surface area contributed by atoms with Gasteiger partial charge in [0.2, 0.25) is 0 Å². The maximum atomic E-state index is 12.5. The molecule has 0 radical (unpaired) electrons. The van der Waals surface area contributed by atoms with E-state index in [1.807, 2.05) is 62.3 Å². The Morgan fingerprint density at radius 1 is 0.273 bits per heavy atom. The lowest BCUT2D eigenvalue weighted by Gasteiger charge is -2.38. The molecule has 6 aromatic heterocycles. The van der Waals surface area contributed by atoms with Crippen molar-refractivity contribution in [2.75, 3.05) is 0 Å². The summed E-state index contributed by atoms with van der Waals surface area (Å²) in [5.41, 5.74) is 5.82. The fourth-order valence-electron chi connectivity index (χ4n) is 16.9. The van der Waals surface area contributed by atoms with Crippen LogP contribution in [0.1, 0.15) is 463 Å². The summed E-state index contributed by atoms with van der Waals surface area (Å²) < 4.78 is 30.9. The molecule has 0 saturated carbocycles. The Balaban J connectivity index is 0.000000726. The van der Waals surface area contributed by atoms with Gasteiger partial charge < -0.3 is 59.0 Å². The Morgan fingerprint density at radius 3 is 0.669 bits per heavy atom. The maximum absolute atomic E-state index is 12.5. The molecule has 6 aromatic rings. The lowest BCUT2D eigenvalue weighted by molar-refractivity contribution is 0.0845. The van der Waals surface area contributed by atoms with Gasteiger partial charge in [-0.25, -0.2) is 0 Å². The second-order valence-electron chi connectivity index (χ2n) is 35.0. The van der Waals surface area contributed by atoms with Crippen LogP contribution in [-0.2, 0) is 38.5 Å². The number of nitrogens with zero attached hydrogens (tertiary/aromatic N) is 6. The van der Waals surface area contributed by atoms with Crippen molar-refractivity contribution in [3.63, 3.8) is 0 Å². The number of hydrogen-bond acceptors (Lipinski definition) is 18. The number of hydrogen-bond donors (Lipinski definition) is 6. The average molecular weight is 1700 g/mol. The minimum Gasteiger partial charge on any atom is -0.361 e. The highest BCUT2D eigenvalue weighted by Crippen LogP contribution is 2.40. The van der Waals surface area contributed by atoms with E-state index in [0.29, 0.717) is 34.2 Å². The zero-order chi connectivity index (χ0) is 92.2. The van der Waals surface area contributed by atoms with Crippen molar-refractivity contribution in [2.24, 2.45) is 32.5 Å². The van der Waals surface area contributed by atoms with Crippen LogP contribution < -0.4 is 31.9 Å². The number of carbonyl (C=O) groups is 6. The fraction of sp³-hybridized carbons (Fsp3) is 0.753. The van der Waals surface area contributed by atoms with Crippen LogP contribution in [0.5, 0.6) is 0 Å². The van der Waals surface area contributed by atoms with Crippen molar-refractivity contribution >= 4 is 35.4 Å². The summed E-state index contributed by atoms with van der Waals surface area (Å²) in [5, 5.41) is 41.8. The third-order valence-corrected chi connectivity index (χ3v) is 27.0.